The van der Waals surface area contributed by atoms with Gasteiger partial charge in [0.25, 0.3) is 0 Å². The number of rotatable bonds is 4. The summed E-state index contributed by atoms with van der Waals surface area (Å²) < 4.78 is 0. The van der Waals surface area contributed by atoms with Crippen molar-refractivity contribution in [3.8, 4) is 0 Å². The average molecular weight is 201 g/mol. The van der Waals surface area contributed by atoms with Crippen molar-refractivity contribution in [3.63, 3.8) is 0 Å². The topological polar surface area (TPSA) is 12.0 Å². The Hall–Kier alpha value is 0.310. The van der Waals surface area contributed by atoms with E-state index in [-0.39, 0.29) is 0 Å². The predicted octanol–water partition coefficient (Wildman–Crippen LogP) is 2.91. The molecule has 1 saturated carbocycles. The van der Waals surface area contributed by atoms with Crippen LogP contribution in [0.1, 0.15) is 39.5 Å². The van der Waals surface area contributed by atoms with E-state index in [1.165, 1.54) is 31.4 Å². The second-order valence-electron chi connectivity index (χ2n) is 4.39. The molecule has 2 heteroatoms. The fourth-order valence-corrected chi connectivity index (χ4v) is 2.82. The zero-order valence-electron chi connectivity index (χ0n) is 9.18. The van der Waals surface area contributed by atoms with Gasteiger partial charge in [-0.25, -0.2) is 0 Å². The molecule has 3 unspecified atom stereocenters. The smallest absolute Gasteiger partial charge is 0.0132 e. The molecule has 1 aliphatic carbocycles. The van der Waals surface area contributed by atoms with Gasteiger partial charge in [0.1, 0.15) is 0 Å². The van der Waals surface area contributed by atoms with Crippen molar-refractivity contribution < 1.29 is 0 Å². The van der Waals surface area contributed by atoms with Crippen molar-refractivity contribution in [1.29, 1.82) is 0 Å². The van der Waals surface area contributed by atoms with Crippen molar-refractivity contribution in [2.75, 3.05) is 12.0 Å². The molecule has 0 saturated heterocycles. The molecule has 13 heavy (non-hydrogen) atoms. The summed E-state index contributed by atoms with van der Waals surface area (Å²) in [5.41, 5.74) is 0. The van der Waals surface area contributed by atoms with Crippen LogP contribution in [0.5, 0.6) is 0 Å². The minimum absolute atomic E-state index is 0.681. The van der Waals surface area contributed by atoms with Gasteiger partial charge in [-0.15, -0.1) is 0 Å². The third-order valence-electron chi connectivity index (χ3n) is 3.03. The van der Waals surface area contributed by atoms with Crippen molar-refractivity contribution in [2.24, 2.45) is 5.92 Å². The molecule has 0 spiro atoms. The summed E-state index contributed by atoms with van der Waals surface area (Å²) in [7, 11) is 0. The molecule has 1 rings (SSSR count). The number of hydrogen-bond acceptors (Lipinski definition) is 2. The van der Waals surface area contributed by atoms with Gasteiger partial charge in [0.2, 0.25) is 0 Å². The Balaban J connectivity index is 2.25. The summed E-state index contributed by atoms with van der Waals surface area (Å²) in [6.45, 7) is 4.69. The SMILES string of the molecule is CSCC(C)NC1CCCCC1C. The van der Waals surface area contributed by atoms with Crippen LogP contribution < -0.4 is 5.32 Å². The molecule has 1 N–H and O–H groups in total. The van der Waals surface area contributed by atoms with Gasteiger partial charge in [0.15, 0.2) is 0 Å². The van der Waals surface area contributed by atoms with Gasteiger partial charge < -0.3 is 5.32 Å². The first-order valence-corrected chi connectivity index (χ1v) is 6.88. The van der Waals surface area contributed by atoms with Crippen LogP contribution in [0.2, 0.25) is 0 Å². The van der Waals surface area contributed by atoms with Crippen LogP contribution >= 0.6 is 11.8 Å². The van der Waals surface area contributed by atoms with E-state index in [0.717, 1.165) is 12.0 Å². The van der Waals surface area contributed by atoms with E-state index in [9.17, 15) is 0 Å². The molecule has 1 aliphatic rings. The molecule has 0 aromatic rings. The molecule has 3 atom stereocenters. The highest BCUT2D eigenvalue weighted by Crippen LogP contribution is 2.24. The molecular weight excluding hydrogens is 178 g/mol. The predicted molar refractivity (Wildman–Crippen MR) is 62.4 cm³/mol. The molecule has 1 fully saturated rings. The quantitative estimate of drug-likeness (QED) is 0.750. The summed E-state index contributed by atoms with van der Waals surface area (Å²) in [5.74, 6) is 2.13. The highest BCUT2D eigenvalue weighted by Gasteiger charge is 2.21. The molecule has 0 amide bonds. The molecular formula is C11H23NS. The summed E-state index contributed by atoms with van der Waals surface area (Å²) in [5, 5.41) is 3.75. The van der Waals surface area contributed by atoms with Crippen LogP contribution in [0.25, 0.3) is 0 Å². The standard InChI is InChI=1S/C11H23NS/c1-9-6-4-5-7-11(9)12-10(2)8-13-3/h9-12H,4-8H2,1-3H3. The van der Waals surface area contributed by atoms with E-state index in [4.69, 9.17) is 0 Å². The Morgan fingerprint density at radius 1 is 1.38 bits per heavy atom. The molecule has 1 nitrogen and oxygen atoms in total. The van der Waals surface area contributed by atoms with Gasteiger partial charge in [-0.3, -0.25) is 0 Å². The molecule has 0 heterocycles. The Labute approximate surface area is 87.1 Å². The second-order valence-corrected chi connectivity index (χ2v) is 5.30. The van der Waals surface area contributed by atoms with E-state index in [1.807, 2.05) is 11.8 Å². The lowest BCUT2D eigenvalue weighted by Crippen LogP contribution is -2.43. The van der Waals surface area contributed by atoms with Crippen LogP contribution in [0, 0.1) is 5.92 Å². The molecule has 78 valence electrons. The maximum atomic E-state index is 3.75. The lowest BCUT2D eigenvalue weighted by molar-refractivity contribution is 0.268. The monoisotopic (exact) mass is 201 g/mol. The Morgan fingerprint density at radius 3 is 2.69 bits per heavy atom. The average Bonchev–Trinajstić information content (AvgIpc) is 2.09. The number of thioether (sulfide) groups is 1. The van der Waals surface area contributed by atoms with Crippen LogP contribution in [-0.2, 0) is 0 Å². The highest BCUT2D eigenvalue weighted by atomic mass is 32.2. The van der Waals surface area contributed by atoms with Gasteiger partial charge in [0.05, 0.1) is 0 Å². The van der Waals surface area contributed by atoms with Gasteiger partial charge in [-0.1, -0.05) is 19.8 Å². The molecule has 0 aliphatic heterocycles. The number of hydrogen-bond donors (Lipinski definition) is 1. The zero-order valence-corrected chi connectivity index (χ0v) is 9.99. The molecule has 0 bridgehead atoms. The van der Waals surface area contributed by atoms with E-state index >= 15 is 0 Å². The van der Waals surface area contributed by atoms with Gasteiger partial charge in [-0.2, -0.15) is 11.8 Å². The van der Waals surface area contributed by atoms with Gasteiger partial charge in [0, 0.05) is 17.8 Å². The van der Waals surface area contributed by atoms with Crippen molar-refractivity contribution in [2.45, 2.75) is 51.6 Å². The summed E-state index contributed by atoms with van der Waals surface area (Å²) in [4.78, 5) is 0. The van der Waals surface area contributed by atoms with Crippen LogP contribution in [0.15, 0.2) is 0 Å². The fourth-order valence-electron chi connectivity index (χ4n) is 2.23. The first-order valence-electron chi connectivity index (χ1n) is 5.49. The Bertz CT molecular complexity index is 138. The summed E-state index contributed by atoms with van der Waals surface area (Å²) in [6, 6.07) is 1.47. The first-order chi connectivity index (χ1) is 6.24. The van der Waals surface area contributed by atoms with Crippen LogP contribution in [0.3, 0.4) is 0 Å². The van der Waals surface area contributed by atoms with Crippen molar-refractivity contribution in [3.05, 3.63) is 0 Å². The fraction of sp³-hybridized carbons (Fsp3) is 1.00. The molecule has 0 aromatic heterocycles. The third kappa shape index (κ3) is 3.90. The van der Waals surface area contributed by atoms with Crippen molar-refractivity contribution >= 4 is 11.8 Å². The summed E-state index contributed by atoms with van der Waals surface area (Å²) in [6.07, 6.45) is 7.86. The lowest BCUT2D eigenvalue weighted by atomic mass is 9.85. The van der Waals surface area contributed by atoms with Gasteiger partial charge in [-0.05, 0) is 31.9 Å². The van der Waals surface area contributed by atoms with Crippen LogP contribution in [-0.4, -0.2) is 24.1 Å². The maximum Gasteiger partial charge on any atom is 0.0132 e. The maximum absolute atomic E-state index is 3.75. The van der Waals surface area contributed by atoms with Crippen molar-refractivity contribution in [1.82, 2.24) is 5.32 Å². The van der Waals surface area contributed by atoms with Crippen LogP contribution in [0.4, 0.5) is 0 Å². The zero-order chi connectivity index (χ0) is 9.68. The largest absolute Gasteiger partial charge is 0.310 e. The minimum atomic E-state index is 0.681. The normalized spacial score (nSPS) is 31.6. The van der Waals surface area contributed by atoms with E-state index in [0.29, 0.717) is 6.04 Å². The van der Waals surface area contributed by atoms with E-state index < -0.39 is 0 Å². The molecule has 0 radical (unpaired) electrons. The second kappa shape index (κ2) is 5.92. The molecule has 0 aromatic carbocycles. The first kappa shape index (κ1) is 11.4. The van der Waals surface area contributed by atoms with E-state index in [1.54, 1.807) is 0 Å². The van der Waals surface area contributed by atoms with E-state index in [2.05, 4.69) is 25.4 Å². The highest BCUT2D eigenvalue weighted by molar-refractivity contribution is 7.98. The van der Waals surface area contributed by atoms with Gasteiger partial charge >= 0.3 is 0 Å². The minimum Gasteiger partial charge on any atom is -0.310 e. The summed E-state index contributed by atoms with van der Waals surface area (Å²) >= 11 is 1.94. The lowest BCUT2D eigenvalue weighted by Gasteiger charge is -2.32. The third-order valence-corrected chi connectivity index (χ3v) is 3.86. The Kier molecular flexibility index (Phi) is 5.18. The number of nitrogens with one attached hydrogen (secondary N) is 1. The Morgan fingerprint density at radius 2 is 2.08 bits per heavy atom.